The molecule has 1 fully saturated rings. The summed E-state index contributed by atoms with van der Waals surface area (Å²) in [6, 6.07) is 1.04. The number of aromatic nitrogens is 3. The maximum atomic E-state index is 5.28. The van der Waals surface area contributed by atoms with Gasteiger partial charge in [0.05, 0.1) is 11.7 Å². The van der Waals surface area contributed by atoms with E-state index in [0.717, 1.165) is 12.1 Å². The summed E-state index contributed by atoms with van der Waals surface area (Å²) in [4.78, 5) is 0. The minimum absolute atomic E-state index is 0.426. The zero-order chi connectivity index (χ0) is 9.54. The standard InChI is InChI=1S/C10H12N4/c1-2-5-14-9-6-7-3-4-8(11-7)10(9)12-13-14/h1,7-8,11H,3-6H2. The molecule has 3 heterocycles. The second kappa shape index (κ2) is 2.82. The molecule has 1 aromatic rings. The van der Waals surface area contributed by atoms with Crippen LogP contribution in [0.15, 0.2) is 0 Å². The molecule has 0 radical (unpaired) electrons. The molecule has 1 saturated heterocycles. The SMILES string of the molecule is C#CCn1nnc2c1CC1CCC2N1. The van der Waals surface area contributed by atoms with Crippen LogP contribution in [0.3, 0.4) is 0 Å². The van der Waals surface area contributed by atoms with E-state index in [1.165, 1.54) is 18.5 Å². The third-order valence-electron chi connectivity index (χ3n) is 3.12. The average molecular weight is 188 g/mol. The van der Waals surface area contributed by atoms with Gasteiger partial charge in [-0.1, -0.05) is 11.1 Å². The molecule has 2 aliphatic rings. The van der Waals surface area contributed by atoms with E-state index >= 15 is 0 Å². The highest BCUT2D eigenvalue weighted by Gasteiger charge is 2.35. The van der Waals surface area contributed by atoms with Crippen molar-refractivity contribution in [2.24, 2.45) is 0 Å². The van der Waals surface area contributed by atoms with E-state index in [1.807, 2.05) is 4.68 Å². The number of terminal acetylenes is 1. The lowest BCUT2D eigenvalue weighted by Crippen LogP contribution is -2.32. The quantitative estimate of drug-likeness (QED) is 0.643. The van der Waals surface area contributed by atoms with Crippen LogP contribution in [0.25, 0.3) is 0 Å². The molecule has 4 nitrogen and oxygen atoms in total. The van der Waals surface area contributed by atoms with Crippen molar-refractivity contribution < 1.29 is 0 Å². The largest absolute Gasteiger partial charge is 0.305 e. The normalized spacial score (nSPS) is 28.5. The molecule has 0 spiro atoms. The van der Waals surface area contributed by atoms with Gasteiger partial charge in [-0.3, -0.25) is 0 Å². The highest BCUT2D eigenvalue weighted by Crippen LogP contribution is 2.34. The molecule has 2 aliphatic heterocycles. The van der Waals surface area contributed by atoms with Gasteiger partial charge >= 0.3 is 0 Å². The average Bonchev–Trinajstić information content (AvgIpc) is 2.75. The van der Waals surface area contributed by atoms with Crippen LogP contribution in [0.5, 0.6) is 0 Å². The molecular weight excluding hydrogens is 176 g/mol. The van der Waals surface area contributed by atoms with Crippen LogP contribution in [0.2, 0.25) is 0 Å². The first-order chi connectivity index (χ1) is 6.88. The molecule has 0 aliphatic carbocycles. The van der Waals surface area contributed by atoms with E-state index < -0.39 is 0 Å². The van der Waals surface area contributed by atoms with E-state index in [0.29, 0.717) is 18.6 Å². The first-order valence-corrected chi connectivity index (χ1v) is 5.00. The highest BCUT2D eigenvalue weighted by molar-refractivity contribution is 5.23. The Morgan fingerprint density at radius 2 is 2.50 bits per heavy atom. The van der Waals surface area contributed by atoms with Gasteiger partial charge in [-0.05, 0) is 12.8 Å². The maximum Gasteiger partial charge on any atom is 0.103 e. The minimum Gasteiger partial charge on any atom is -0.305 e. The number of nitrogens with one attached hydrogen (secondary N) is 1. The lowest BCUT2D eigenvalue weighted by molar-refractivity contribution is 0.491. The van der Waals surface area contributed by atoms with E-state index in [4.69, 9.17) is 6.42 Å². The van der Waals surface area contributed by atoms with E-state index in [9.17, 15) is 0 Å². The van der Waals surface area contributed by atoms with Gasteiger partial charge in [0.1, 0.15) is 12.2 Å². The van der Waals surface area contributed by atoms with Crippen LogP contribution in [0.4, 0.5) is 0 Å². The van der Waals surface area contributed by atoms with Crippen molar-refractivity contribution in [3.05, 3.63) is 11.4 Å². The first-order valence-electron chi connectivity index (χ1n) is 5.00. The second-order valence-corrected chi connectivity index (χ2v) is 3.98. The van der Waals surface area contributed by atoms with Crippen molar-refractivity contribution in [1.82, 2.24) is 20.3 Å². The molecular formula is C10H12N4. The summed E-state index contributed by atoms with van der Waals surface area (Å²) in [5.41, 5.74) is 2.36. The summed E-state index contributed by atoms with van der Waals surface area (Å²) in [5.74, 6) is 2.61. The molecule has 3 rings (SSSR count). The Morgan fingerprint density at radius 3 is 3.36 bits per heavy atom. The highest BCUT2D eigenvalue weighted by atomic mass is 15.4. The number of fused-ring (bicyclic) bond motifs is 4. The lowest BCUT2D eigenvalue weighted by atomic mass is 10.1. The molecule has 2 unspecified atom stereocenters. The minimum atomic E-state index is 0.426. The van der Waals surface area contributed by atoms with Crippen molar-refractivity contribution in [3.8, 4) is 12.3 Å². The summed E-state index contributed by atoms with van der Waals surface area (Å²) in [5, 5.41) is 11.8. The predicted molar refractivity (Wildman–Crippen MR) is 51.5 cm³/mol. The molecule has 72 valence electrons. The van der Waals surface area contributed by atoms with Crippen LogP contribution < -0.4 is 5.32 Å². The summed E-state index contributed by atoms with van der Waals surface area (Å²) in [6.07, 6.45) is 8.75. The number of nitrogens with zero attached hydrogens (tertiary/aromatic N) is 3. The van der Waals surface area contributed by atoms with Gasteiger partial charge in [0.25, 0.3) is 0 Å². The Bertz CT molecular complexity index is 401. The molecule has 1 aromatic heterocycles. The molecule has 0 amide bonds. The zero-order valence-electron chi connectivity index (χ0n) is 7.90. The Morgan fingerprint density at radius 1 is 1.57 bits per heavy atom. The predicted octanol–water partition coefficient (Wildman–Crippen LogP) is 0.261. The van der Waals surface area contributed by atoms with E-state index in [2.05, 4.69) is 21.5 Å². The Hall–Kier alpha value is -1.34. The summed E-state index contributed by atoms with van der Waals surface area (Å²) >= 11 is 0. The van der Waals surface area contributed by atoms with Gasteiger partial charge in [0, 0.05) is 12.5 Å². The van der Waals surface area contributed by atoms with Gasteiger partial charge < -0.3 is 5.32 Å². The summed E-state index contributed by atoms with van der Waals surface area (Å²) < 4.78 is 1.86. The van der Waals surface area contributed by atoms with Crippen molar-refractivity contribution in [3.63, 3.8) is 0 Å². The Balaban J connectivity index is 2.03. The van der Waals surface area contributed by atoms with Gasteiger partial charge in [-0.2, -0.15) is 0 Å². The van der Waals surface area contributed by atoms with Crippen molar-refractivity contribution in [1.29, 1.82) is 0 Å². The molecule has 4 heteroatoms. The molecule has 2 atom stereocenters. The fourth-order valence-electron chi connectivity index (χ4n) is 2.47. The van der Waals surface area contributed by atoms with Crippen LogP contribution in [-0.4, -0.2) is 21.0 Å². The van der Waals surface area contributed by atoms with Crippen LogP contribution in [0, 0.1) is 12.3 Å². The fraction of sp³-hybridized carbons (Fsp3) is 0.600. The number of rotatable bonds is 1. The fourth-order valence-corrected chi connectivity index (χ4v) is 2.47. The van der Waals surface area contributed by atoms with E-state index in [1.54, 1.807) is 0 Å². The third-order valence-corrected chi connectivity index (χ3v) is 3.12. The van der Waals surface area contributed by atoms with Crippen LogP contribution >= 0.6 is 0 Å². The van der Waals surface area contributed by atoms with Crippen molar-refractivity contribution in [2.45, 2.75) is 37.9 Å². The number of hydrogen-bond acceptors (Lipinski definition) is 3. The summed E-state index contributed by atoms with van der Waals surface area (Å²) in [6.45, 7) is 0.543. The Labute approximate surface area is 82.7 Å². The lowest BCUT2D eigenvalue weighted by Gasteiger charge is -2.20. The van der Waals surface area contributed by atoms with Gasteiger partial charge in [-0.15, -0.1) is 11.5 Å². The third kappa shape index (κ3) is 0.992. The monoisotopic (exact) mass is 188 g/mol. The summed E-state index contributed by atoms with van der Waals surface area (Å²) in [7, 11) is 0. The topological polar surface area (TPSA) is 42.7 Å². The van der Waals surface area contributed by atoms with Crippen LogP contribution in [0.1, 0.15) is 30.3 Å². The Kier molecular flexibility index (Phi) is 1.62. The van der Waals surface area contributed by atoms with Crippen molar-refractivity contribution >= 4 is 0 Å². The van der Waals surface area contributed by atoms with E-state index in [-0.39, 0.29) is 0 Å². The maximum absolute atomic E-state index is 5.28. The van der Waals surface area contributed by atoms with Gasteiger partial charge in [-0.25, -0.2) is 4.68 Å². The zero-order valence-corrected chi connectivity index (χ0v) is 7.90. The molecule has 2 bridgehead atoms. The van der Waals surface area contributed by atoms with Crippen molar-refractivity contribution in [2.75, 3.05) is 0 Å². The first kappa shape index (κ1) is 8.01. The van der Waals surface area contributed by atoms with Crippen LogP contribution in [-0.2, 0) is 13.0 Å². The molecule has 0 aromatic carbocycles. The molecule has 1 N–H and O–H groups in total. The van der Waals surface area contributed by atoms with Gasteiger partial charge in [0.2, 0.25) is 0 Å². The second-order valence-electron chi connectivity index (χ2n) is 3.98. The molecule has 0 saturated carbocycles. The number of hydrogen-bond donors (Lipinski definition) is 1. The molecule has 14 heavy (non-hydrogen) atoms. The van der Waals surface area contributed by atoms with Gasteiger partial charge in [0.15, 0.2) is 0 Å². The smallest absolute Gasteiger partial charge is 0.103 e.